The van der Waals surface area contributed by atoms with Crippen LogP contribution in [0.1, 0.15) is 16.7 Å². The number of amides is 2. The van der Waals surface area contributed by atoms with Gasteiger partial charge in [-0.25, -0.2) is 9.78 Å². The standard InChI is InChI=1S/C25H21I2N3O4S/c1-14-7-8-19-21(9-14)35-24(28-19)30-23(32)20(12-16-10-17(26)22(31)18(27)11-16)29-25(33)34-13-15-5-3-2-4-6-15/h2-11,20,31H,12-13H2,1H3,(H,29,33)(H,28,30,32). The Morgan fingerprint density at radius 2 is 1.77 bits per heavy atom. The molecule has 1 unspecified atom stereocenters. The Morgan fingerprint density at radius 3 is 2.49 bits per heavy atom. The van der Waals surface area contributed by atoms with Gasteiger partial charge in [-0.2, -0.15) is 0 Å². The molecule has 0 saturated carbocycles. The third-order valence-electron chi connectivity index (χ3n) is 5.11. The summed E-state index contributed by atoms with van der Waals surface area (Å²) in [5.41, 5.74) is 3.54. The first-order valence-electron chi connectivity index (χ1n) is 10.6. The van der Waals surface area contributed by atoms with E-state index >= 15 is 0 Å². The summed E-state index contributed by atoms with van der Waals surface area (Å²) >= 11 is 5.45. The molecule has 1 heterocycles. The largest absolute Gasteiger partial charge is 0.506 e. The normalized spacial score (nSPS) is 11.7. The molecular formula is C25H21I2N3O4S. The maximum atomic E-state index is 13.2. The fourth-order valence-electron chi connectivity index (χ4n) is 3.37. The van der Waals surface area contributed by atoms with E-state index in [1.54, 1.807) is 12.1 Å². The molecule has 3 aromatic carbocycles. The van der Waals surface area contributed by atoms with Gasteiger partial charge in [0.05, 0.1) is 17.4 Å². The molecule has 10 heteroatoms. The average Bonchev–Trinajstić information content (AvgIpc) is 3.22. The highest BCUT2D eigenvalue weighted by molar-refractivity contribution is 14.1. The van der Waals surface area contributed by atoms with Crippen LogP contribution in [0.3, 0.4) is 0 Å². The van der Waals surface area contributed by atoms with Crippen LogP contribution in [-0.2, 0) is 22.6 Å². The molecule has 0 radical (unpaired) electrons. The van der Waals surface area contributed by atoms with Crippen molar-refractivity contribution in [1.29, 1.82) is 0 Å². The van der Waals surface area contributed by atoms with Crippen molar-refractivity contribution in [1.82, 2.24) is 10.3 Å². The van der Waals surface area contributed by atoms with Crippen LogP contribution in [0.4, 0.5) is 9.93 Å². The van der Waals surface area contributed by atoms with Crippen LogP contribution in [0.5, 0.6) is 5.75 Å². The molecule has 0 bridgehead atoms. The zero-order valence-corrected chi connectivity index (χ0v) is 23.7. The van der Waals surface area contributed by atoms with Gasteiger partial charge in [0.1, 0.15) is 18.4 Å². The first-order chi connectivity index (χ1) is 16.8. The van der Waals surface area contributed by atoms with Gasteiger partial charge in [-0.05, 0) is 93.1 Å². The van der Waals surface area contributed by atoms with E-state index in [0.29, 0.717) is 12.3 Å². The maximum Gasteiger partial charge on any atom is 0.408 e. The van der Waals surface area contributed by atoms with Gasteiger partial charge in [0, 0.05) is 6.42 Å². The van der Waals surface area contributed by atoms with Gasteiger partial charge >= 0.3 is 6.09 Å². The summed E-state index contributed by atoms with van der Waals surface area (Å²) in [6, 6.07) is 17.9. The van der Waals surface area contributed by atoms with E-state index in [0.717, 1.165) is 26.9 Å². The molecule has 7 nitrogen and oxygen atoms in total. The highest BCUT2D eigenvalue weighted by Gasteiger charge is 2.24. The first-order valence-corrected chi connectivity index (χ1v) is 13.6. The predicted octanol–water partition coefficient (Wildman–Crippen LogP) is 6.00. The van der Waals surface area contributed by atoms with Crippen LogP contribution in [0.15, 0.2) is 60.7 Å². The average molecular weight is 713 g/mol. The number of aryl methyl sites for hydroxylation is 1. The van der Waals surface area contributed by atoms with Crippen molar-refractivity contribution in [3.63, 3.8) is 0 Å². The Hall–Kier alpha value is -2.45. The second-order valence-corrected chi connectivity index (χ2v) is 11.2. The molecule has 0 aliphatic heterocycles. The van der Waals surface area contributed by atoms with Gasteiger partial charge in [0.25, 0.3) is 0 Å². The van der Waals surface area contributed by atoms with E-state index < -0.39 is 18.0 Å². The molecule has 0 spiro atoms. The second-order valence-electron chi connectivity index (χ2n) is 7.85. The number of ether oxygens (including phenoxy) is 1. The number of thiazole rings is 1. The molecule has 180 valence electrons. The van der Waals surface area contributed by atoms with Gasteiger partial charge in [0.15, 0.2) is 5.13 Å². The number of phenols is 1. The fourth-order valence-corrected chi connectivity index (χ4v) is 6.23. The van der Waals surface area contributed by atoms with Crippen LogP contribution in [0.25, 0.3) is 10.2 Å². The zero-order valence-electron chi connectivity index (χ0n) is 18.5. The summed E-state index contributed by atoms with van der Waals surface area (Å²) in [5, 5.41) is 16.1. The number of fused-ring (bicyclic) bond motifs is 1. The summed E-state index contributed by atoms with van der Waals surface area (Å²) in [4.78, 5) is 30.3. The van der Waals surface area contributed by atoms with Crippen molar-refractivity contribution in [3.05, 3.63) is 84.5 Å². The molecule has 0 aliphatic rings. The monoisotopic (exact) mass is 713 g/mol. The van der Waals surface area contributed by atoms with Crippen molar-refractivity contribution >= 4 is 83.9 Å². The lowest BCUT2D eigenvalue weighted by Crippen LogP contribution is -2.45. The lowest BCUT2D eigenvalue weighted by molar-refractivity contribution is -0.118. The number of halogens is 2. The summed E-state index contributed by atoms with van der Waals surface area (Å²) in [6.45, 7) is 2.09. The Labute approximate surface area is 233 Å². The van der Waals surface area contributed by atoms with E-state index in [1.165, 1.54) is 11.3 Å². The molecule has 1 atom stereocenters. The van der Waals surface area contributed by atoms with Crippen LogP contribution in [0.2, 0.25) is 0 Å². The van der Waals surface area contributed by atoms with Crippen molar-refractivity contribution in [3.8, 4) is 5.75 Å². The lowest BCUT2D eigenvalue weighted by atomic mass is 10.1. The lowest BCUT2D eigenvalue weighted by Gasteiger charge is -2.18. The molecule has 0 aliphatic carbocycles. The van der Waals surface area contributed by atoms with Gasteiger partial charge in [-0.15, -0.1) is 0 Å². The highest BCUT2D eigenvalue weighted by Crippen LogP contribution is 2.29. The maximum absolute atomic E-state index is 13.2. The van der Waals surface area contributed by atoms with E-state index in [2.05, 4.69) is 15.6 Å². The highest BCUT2D eigenvalue weighted by atomic mass is 127. The van der Waals surface area contributed by atoms with Crippen molar-refractivity contribution in [2.24, 2.45) is 0 Å². The molecule has 2 amide bonds. The summed E-state index contributed by atoms with van der Waals surface area (Å²) in [7, 11) is 0. The van der Waals surface area contributed by atoms with Crippen molar-refractivity contribution in [2.45, 2.75) is 26.0 Å². The van der Waals surface area contributed by atoms with E-state index in [9.17, 15) is 14.7 Å². The number of carbonyl (C=O) groups is 2. The van der Waals surface area contributed by atoms with Crippen LogP contribution in [-0.4, -0.2) is 28.1 Å². The van der Waals surface area contributed by atoms with Crippen molar-refractivity contribution in [2.75, 3.05) is 5.32 Å². The smallest absolute Gasteiger partial charge is 0.408 e. The van der Waals surface area contributed by atoms with Crippen LogP contribution in [0, 0.1) is 14.1 Å². The Balaban J connectivity index is 1.51. The molecule has 3 N–H and O–H groups in total. The number of phenolic OH excluding ortho intramolecular Hbond substituents is 1. The fraction of sp³-hybridized carbons (Fsp3) is 0.160. The quantitative estimate of drug-likeness (QED) is 0.204. The third kappa shape index (κ3) is 6.82. The Bertz CT molecular complexity index is 1350. The van der Waals surface area contributed by atoms with Gasteiger partial charge in [-0.3, -0.25) is 4.79 Å². The number of carbonyl (C=O) groups excluding carboxylic acids is 2. The number of alkyl carbamates (subject to hydrolysis) is 1. The molecular weight excluding hydrogens is 692 g/mol. The number of aromatic nitrogens is 1. The zero-order chi connectivity index (χ0) is 24.9. The Kier molecular flexibility index (Phi) is 8.44. The van der Waals surface area contributed by atoms with E-state index in [1.807, 2.05) is 101 Å². The van der Waals surface area contributed by atoms with E-state index in [4.69, 9.17) is 4.74 Å². The SMILES string of the molecule is Cc1ccc2nc(NC(=O)C(Cc3cc(I)c(O)c(I)c3)NC(=O)OCc3ccccc3)sc2c1. The van der Waals surface area contributed by atoms with Gasteiger partial charge < -0.3 is 20.5 Å². The molecule has 0 saturated heterocycles. The first kappa shape index (κ1) is 25.6. The van der Waals surface area contributed by atoms with Gasteiger partial charge in [-0.1, -0.05) is 47.7 Å². The Morgan fingerprint density at radius 1 is 1.06 bits per heavy atom. The van der Waals surface area contributed by atoms with Crippen LogP contribution < -0.4 is 10.6 Å². The number of anilines is 1. The number of benzene rings is 3. The summed E-state index contributed by atoms with van der Waals surface area (Å²) in [6.07, 6.45) is -0.486. The van der Waals surface area contributed by atoms with Crippen molar-refractivity contribution < 1.29 is 19.4 Å². The number of hydrogen-bond donors (Lipinski definition) is 3. The molecule has 0 fully saturated rings. The number of aromatic hydroxyl groups is 1. The minimum Gasteiger partial charge on any atom is -0.506 e. The molecule has 1 aromatic heterocycles. The topological polar surface area (TPSA) is 101 Å². The molecule has 4 rings (SSSR count). The third-order valence-corrected chi connectivity index (χ3v) is 7.69. The van der Waals surface area contributed by atoms with E-state index in [-0.39, 0.29) is 18.8 Å². The summed E-state index contributed by atoms with van der Waals surface area (Å²) in [5.74, 6) is -0.216. The minimum atomic E-state index is -0.914. The minimum absolute atomic E-state index is 0.0905. The molecule has 4 aromatic rings. The van der Waals surface area contributed by atoms with Crippen LogP contribution >= 0.6 is 56.5 Å². The van der Waals surface area contributed by atoms with Gasteiger partial charge in [0.2, 0.25) is 5.91 Å². The summed E-state index contributed by atoms with van der Waals surface area (Å²) < 4.78 is 7.63. The predicted molar refractivity (Wildman–Crippen MR) is 154 cm³/mol. The number of nitrogens with one attached hydrogen (secondary N) is 2. The number of hydrogen-bond acceptors (Lipinski definition) is 6. The molecule has 35 heavy (non-hydrogen) atoms. The number of rotatable bonds is 7. The second kappa shape index (κ2) is 11.5. The number of nitrogens with zero attached hydrogens (tertiary/aromatic N) is 1.